The molecule has 1 N–H and O–H groups in total. The Kier molecular flexibility index (Phi) is 5.04. The first-order valence-corrected chi connectivity index (χ1v) is 7.88. The molecule has 0 bridgehead atoms. The number of carbonyl (C=O) groups is 2. The molecular weight excluding hydrogens is 288 g/mol. The van der Waals surface area contributed by atoms with Gasteiger partial charge in [0.15, 0.2) is 5.78 Å². The highest BCUT2D eigenvalue weighted by Gasteiger charge is 2.25. The molecule has 0 unspecified atom stereocenters. The lowest BCUT2D eigenvalue weighted by molar-refractivity contribution is 0.0684. The van der Waals surface area contributed by atoms with Gasteiger partial charge >= 0.3 is 0 Å². The fourth-order valence-electron chi connectivity index (χ4n) is 2.90. The standard InChI is InChI=1S/C19H24N2O2/c1-12(2)21(11-16-9-7-6-8-10-16)19(23)18-13(3)17(15(5)22)14(4)20-18/h6-10,12,20H,11H2,1-5H3. The highest BCUT2D eigenvalue weighted by molar-refractivity contribution is 6.02. The molecule has 1 heterocycles. The summed E-state index contributed by atoms with van der Waals surface area (Å²) in [5, 5.41) is 0. The zero-order chi connectivity index (χ0) is 17.1. The van der Waals surface area contributed by atoms with Crippen LogP contribution in [-0.2, 0) is 6.54 Å². The number of aryl methyl sites for hydroxylation is 1. The van der Waals surface area contributed by atoms with E-state index in [1.54, 1.807) is 0 Å². The second-order valence-electron chi connectivity index (χ2n) is 6.19. The zero-order valence-electron chi connectivity index (χ0n) is 14.4. The molecule has 0 saturated heterocycles. The van der Waals surface area contributed by atoms with E-state index in [1.807, 2.05) is 62.9 Å². The third-order valence-corrected chi connectivity index (χ3v) is 4.08. The van der Waals surface area contributed by atoms with E-state index in [4.69, 9.17) is 0 Å². The second kappa shape index (κ2) is 6.82. The summed E-state index contributed by atoms with van der Waals surface area (Å²) in [6.07, 6.45) is 0. The number of rotatable bonds is 5. The Labute approximate surface area is 137 Å². The van der Waals surface area contributed by atoms with E-state index in [1.165, 1.54) is 6.92 Å². The molecule has 23 heavy (non-hydrogen) atoms. The van der Waals surface area contributed by atoms with Crippen LogP contribution in [0.3, 0.4) is 0 Å². The number of amides is 1. The first-order valence-electron chi connectivity index (χ1n) is 7.88. The Morgan fingerprint density at radius 3 is 2.22 bits per heavy atom. The Morgan fingerprint density at radius 2 is 1.74 bits per heavy atom. The van der Waals surface area contributed by atoms with E-state index in [9.17, 15) is 9.59 Å². The lowest BCUT2D eigenvalue weighted by Gasteiger charge is -2.27. The number of nitrogens with zero attached hydrogens (tertiary/aromatic N) is 1. The van der Waals surface area contributed by atoms with E-state index in [2.05, 4.69) is 4.98 Å². The molecule has 1 aromatic carbocycles. The molecular formula is C19H24N2O2. The van der Waals surface area contributed by atoms with Crippen LogP contribution in [0.5, 0.6) is 0 Å². The first-order chi connectivity index (χ1) is 10.8. The van der Waals surface area contributed by atoms with Crippen molar-refractivity contribution in [1.82, 2.24) is 9.88 Å². The SMILES string of the molecule is CC(=O)c1c(C)[nH]c(C(=O)N(Cc2ccccc2)C(C)C)c1C. The summed E-state index contributed by atoms with van der Waals surface area (Å²) in [4.78, 5) is 29.7. The van der Waals surface area contributed by atoms with Gasteiger partial charge in [-0.3, -0.25) is 9.59 Å². The maximum atomic E-state index is 13.0. The molecule has 4 nitrogen and oxygen atoms in total. The van der Waals surface area contributed by atoms with Crippen LogP contribution >= 0.6 is 0 Å². The van der Waals surface area contributed by atoms with Gasteiger partial charge in [0.25, 0.3) is 5.91 Å². The van der Waals surface area contributed by atoms with Crippen LogP contribution in [0, 0.1) is 13.8 Å². The summed E-state index contributed by atoms with van der Waals surface area (Å²) in [7, 11) is 0. The van der Waals surface area contributed by atoms with Gasteiger partial charge in [-0.25, -0.2) is 0 Å². The van der Waals surface area contributed by atoms with Gasteiger partial charge in [-0.2, -0.15) is 0 Å². The van der Waals surface area contributed by atoms with E-state index >= 15 is 0 Å². The van der Waals surface area contributed by atoms with Crippen molar-refractivity contribution in [3.05, 3.63) is 58.4 Å². The molecule has 0 atom stereocenters. The molecule has 0 spiro atoms. The number of benzene rings is 1. The van der Waals surface area contributed by atoms with Gasteiger partial charge in [-0.05, 0) is 45.7 Å². The molecule has 1 aromatic heterocycles. The summed E-state index contributed by atoms with van der Waals surface area (Å²) >= 11 is 0. The van der Waals surface area contributed by atoms with Crippen molar-refractivity contribution in [3.63, 3.8) is 0 Å². The van der Waals surface area contributed by atoms with Gasteiger partial charge in [-0.1, -0.05) is 30.3 Å². The minimum absolute atomic E-state index is 0.0190. The Balaban J connectivity index is 2.36. The molecule has 0 saturated carbocycles. The zero-order valence-corrected chi connectivity index (χ0v) is 14.4. The molecule has 2 aromatic rings. The number of ketones is 1. The van der Waals surface area contributed by atoms with Gasteiger partial charge < -0.3 is 9.88 Å². The van der Waals surface area contributed by atoms with Crippen LogP contribution in [0.4, 0.5) is 0 Å². The van der Waals surface area contributed by atoms with Crippen LogP contribution < -0.4 is 0 Å². The normalized spacial score (nSPS) is 10.9. The number of aromatic amines is 1. The monoisotopic (exact) mass is 312 g/mol. The van der Waals surface area contributed by atoms with Crippen molar-refractivity contribution < 1.29 is 9.59 Å². The number of H-pyrrole nitrogens is 1. The summed E-state index contributed by atoms with van der Waals surface area (Å²) in [5.41, 5.74) is 3.71. The first kappa shape index (κ1) is 17.0. The molecule has 0 aliphatic carbocycles. The third kappa shape index (κ3) is 3.52. The topological polar surface area (TPSA) is 53.2 Å². The molecule has 0 radical (unpaired) electrons. The van der Waals surface area contributed by atoms with Crippen LogP contribution in [0.25, 0.3) is 0 Å². The molecule has 0 fully saturated rings. The fourth-order valence-corrected chi connectivity index (χ4v) is 2.90. The number of aromatic nitrogens is 1. The number of carbonyl (C=O) groups excluding carboxylic acids is 2. The number of hydrogen-bond acceptors (Lipinski definition) is 2. The minimum Gasteiger partial charge on any atom is -0.354 e. The highest BCUT2D eigenvalue weighted by atomic mass is 16.2. The molecule has 2 rings (SSSR count). The van der Waals surface area contributed by atoms with E-state index in [-0.39, 0.29) is 17.7 Å². The second-order valence-corrected chi connectivity index (χ2v) is 6.19. The van der Waals surface area contributed by atoms with Gasteiger partial charge in [0, 0.05) is 23.8 Å². The molecule has 1 amide bonds. The summed E-state index contributed by atoms with van der Waals surface area (Å²) in [6.45, 7) is 9.73. The van der Waals surface area contributed by atoms with E-state index in [0.29, 0.717) is 17.8 Å². The van der Waals surface area contributed by atoms with Gasteiger partial charge in [0.1, 0.15) is 5.69 Å². The minimum atomic E-state index is -0.0723. The smallest absolute Gasteiger partial charge is 0.271 e. The molecule has 0 aliphatic heterocycles. The average molecular weight is 312 g/mol. The number of Topliss-reactive ketones (excluding diaryl/α,β-unsaturated/α-hetero) is 1. The Hall–Kier alpha value is -2.36. The van der Waals surface area contributed by atoms with Crippen molar-refractivity contribution in [2.24, 2.45) is 0 Å². The average Bonchev–Trinajstić information content (AvgIpc) is 2.79. The Morgan fingerprint density at radius 1 is 1.13 bits per heavy atom. The van der Waals surface area contributed by atoms with Crippen LogP contribution in [0.1, 0.15) is 58.4 Å². The van der Waals surface area contributed by atoms with Crippen molar-refractivity contribution in [2.45, 2.75) is 47.2 Å². The maximum Gasteiger partial charge on any atom is 0.271 e. The molecule has 0 aliphatic rings. The summed E-state index contributed by atoms with van der Waals surface area (Å²) in [6, 6.07) is 9.98. The Bertz CT molecular complexity index is 714. The lowest BCUT2D eigenvalue weighted by Crippen LogP contribution is -2.37. The van der Waals surface area contributed by atoms with Crippen molar-refractivity contribution in [1.29, 1.82) is 0 Å². The van der Waals surface area contributed by atoms with Crippen LogP contribution in [0.2, 0.25) is 0 Å². The van der Waals surface area contributed by atoms with Gasteiger partial charge in [0.2, 0.25) is 0 Å². The van der Waals surface area contributed by atoms with E-state index < -0.39 is 0 Å². The quantitative estimate of drug-likeness (QED) is 0.852. The summed E-state index contributed by atoms with van der Waals surface area (Å²) in [5.74, 6) is -0.0913. The predicted molar refractivity (Wildman–Crippen MR) is 91.7 cm³/mol. The van der Waals surface area contributed by atoms with Crippen molar-refractivity contribution >= 4 is 11.7 Å². The maximum absolute atomic E-state index is 13.0. The summed E-state index contributed by atoms with van der Waals surface area (Å²) < 4.78 is 0. The predicted octanol–water partition coefficient (Wildman–Crippen LogP) is 3.88. The number of hydrogen-bond donors (Lipinski definition) is 1. The third-order valence-electron chi connectivity index (χ3n) is 4.08. The van der Waals surface area contributed by atoms with Gasteiger partial charge in [-0.15, -0.1) is 0 Å². The lowest BCUT2D eigenvalue weighted by atomic mass is 10.1. The van der Waals surface area contributed by atoms with E-state index in [0.717, 1.165) is 16.8 Å². The van der Waals surface area contributed by atoms with Crippen LogP contribution in [0.15, 0.2) is 30.3 Å². The van der Waals surface area contributed by atoms with Crippen molar-refractivity contribution in [3.8, 4) is 0 Å². The fraction of sp³-hybridized carbons (Fsp3) is 0.368. The highest BCUT2D eigenvalue weighted by Crippen LogP contribution is 2.21. The van der Waals surface area contributed by atoms with Crippen molar-refractivity contribution in [2.75, 3.05) is 0 Å². The van der Waals surface area contributed by atoms with Crippen LogP contribution in [-0.4, -0.2) is 27.6 Å². The molecule has 122 valence electrons. The largest absolute Gasteiger partial charge is 0.354 e. The number of nitrogens with one attached hydrogen (secondary N) is 1. The molecule has 4 heteroatoms. The van der Waals surface area contributed by atoms with Gasteiger partial charge in [0.05, 0.1) is 0 Å².